The van der Waals surface area contributed by atoms with Crippen molar-refractivity contribution in [2.24, 2.45) is 0 Å². The zero-order valence-electron chi connectivity index (χ0n) is 24.8. The van der Waals surface area contributed by atoms with E-state index in [1.165, 1.54) is 29.1 Å². The van der Waals surface area contributed by atoms with Crippen molar-refractivity contribution in [3.05, 3.63) is 94.9 Å². The van der Waals surface area contributed by atoms with Crippen molar-refractivity contribution >= 4 is 39.1 Å². The van der Waals surface area contributed by atoms with Crippen molar-refractivity contribution in [1.29, 1.82) is 0 Å². The third-order valence-corrected chi connectivity index (χ3v) is 8.78. The van der Waals surface area contributed by atoms with Gasteiger partial charge in [-0.3, -0.25) is 9.59 Å². The first kappa shape index (κ1) is 30.9. The van der Waals surface area contributed by atoms with Gasteiger partial charge in [0.05, 0.1) is 28.0 Å². The molecule has 4 heterocycles. The highest BCUT2D eigenvalue weighted by atomic mass is 32.1. The Morgan fingerprint density at radius 1 is 1.04 bits per heavy atom. The van der Waals surface area contributed by atoms with Crippen LogP contribution in [-0.2, 0) is 28.5 Å². The van der Waals surface area contributed by atoms with Gasteiger partial charge in [0.15, 0.2) is 35.9 Å². The lowest BCUT2D eigenvalue weighted by atomic mass is 9.90. The van der Waals surface area contributed by atoms with E-state index in [0.29, 0.717) is 11.3 Å². The Morgan fingerprint density at radius 3 is 2.55 bits per heavy atom. The number of aromatic nitrogens is 4. The maximum absolute atomic E-state index is 14.1. The van der Waals surface area contributed by atoms with Crippen molar-refractivity contribution < 1.29 is 41.7 Å². The molecule has 242 valence electrons. The first-order chi connectivity index (χ1) is 22.6. The fourth-order valence-corrected chi connectivity index (χ4v) is 6.67. The van der Waals surface area contributed by atoms with Gasteiger partial charge >= 0.3 is 5.97 Å². The maximum atomic E-state index is 14.1. The third kappa shape index (κ3) is 6.10. The number of fused-ring (bicyclic) bond motifs is 2. The summed E-state index contributed by atoms with van der Waals surface area (Å²) in [4.78, 5) is 30.8. The molecule has 0 spiro atoms. The van der Waals surface area contributed by atoms with Crippen LogP contribution in [0.15, 0.2) is 66.9 Å². The second kappa shape index (κ2) is 12.5. The average Bonchev–Trinajstić information content (AvgIpc) is 3.69. The number of ether oxygens (including phenoxy) is 4. The summed E-state index contributed by atoms with van der Waals surface area (Å²) in [7, 11) is 0. The fourth-order valence-electron chi connectivity index (χ4n) is 5.80. The summed E-state index contributed by atoms with van der Waals surface area (Å²) in [6, 6.07) is 14.9. The molecule has 0 saturated carbocycles. The summed E-state index contributed by atoms with van der Waals surface area (Å²) < 4.78 is 68.4. The number of amides is 1. The zero-order valence-corrected chi connectivity index (χ0v) is 25.6. The second-order valence-electron chi connectivity index (χ2n) is 11.1. The molecule has 0 bridgehead atoms. The topological polar surface area (TPSA) is 127 Å². The highest BCUT2D eigenvalue weighted by molar-refractivity contribution is 7.18. The predicted octanol–water partition coefficient (Wildman–Crippen LogP) is 5.27. The molecule has 2 aliphatic rings. The molecule has 2 aliphatic heterocycles. The molecular formula is C32H26F3N5O6S. The van der Waals surface area contributed by atoms with E-state index in [2.05, 4.69) is 20.6 Å². The molecule has 2 saturated heterocycles. The number of nitrogens with one attached hydrogen (secondary N) is 1. The van der Waals surface area contributed by atoms with E-state index in [4.69, 9.17) is 18.9 Å². The number of carbonyl (C=O) groups excluding carboxylic acids is 2. The van der Waals surface area contributed by atoms with Gasteiger partial charge in [0.25, 0.3) is 5.91 Å². The number of hydrogen-bond donors (Lipinski definition) is 1. The summed E-state index contributed by atoms with van der Waals surface area (Å²) in [5.41, 5.74) is 1.87. The number of nitrogens with zero attached hydrogens (tertiary/aromatic N) is 4. The van der Waals surface area contributed by atoms with Crippen molar-refractivity contribution in [3.63, 3.8) is 0 Å². The number of thiazole rings is 1. The van der Waals surface area contributed by atoms with Crippen LogP contribution in [0.1, 0.15) is 29.8 Å². The number of halogens is 3. The van der Waals surface area contributed by atoms with Crippen LogP contribution >= 0.6 is 11.3 Å². The van der Waals surface area contributed by atoms with E-state index in [1.54, 1.807) is 18.2 Å². The van der Waals surface area contributed by atoms with Crippen LogP contribution in [0.2, 0.25) is 0 Å². The Balaban J connectivity index is 1.26. The average molecular weight is 666 g/mol. The van der Waals surface area contributed by atoms with Crippen LogP contribution in [-0.4, -0.2) is 62.9 Å². The largest absolute Gasteiger partial charge is 0.457 e. The van der Waals surface area contributed by atoms with E-state index < -0.39 is 66.1 Å². The lowest BCUT2D eigenvalue weighted by Gasteiger charge is -2.48. The number of benzene rings is 3. The van der Waals surface area contributed by atoms with Gasteiger partial charge in [0.1, 0.15) is 23.9 Å². The molecule has 47 heavy (non-hydrogen) atoms. The van der Waals surface area contributed by atoms with Gasteiger partial charge in [-0.05, 0) is 37.3 Å². The van der Waals surface area contributed by atoms with Gasteiger partial charge in [0.2, 0.25) is 0 Å². The van der Waals surface area contributed by atoms with Crippen molar-refractivity contribution in [2.75, 3.05) is 11.9 Å². The van der Waals surface area contributed by atoms with Gasteiger partial charge in [-0.15, -0.1) is 16.4 Å². The monoisotopic (exact) mass is 665 g/mol. The smallest absolute Gasteiger partial charge is 0.303 e. The van der Waals surface area contributed by atoms with Gasteiger partial charge in [-0.2, -0.15) is 0 Å². The molecule has 2 fully saturated rings. The summed E-state index contributed by atoms with van der Waals surface area (Å²) in [6.07, 6.45) is -3.93. The SMILES string of the molecule is CC(=O)OC1C(C(=O)Nc2ccc3nc(C)sc3c2)OC2COC(c3ccccc3)OC2C1n1cc(-c2cc(F)c(F)c(F)c2)nn1. The van der Waals surface area contributed by atoms with Crippen LogP contribution in [0.3, 0.4) is 0 Å². The number of carbonyl (C=O) groups is 2. The van der Waals surface area contributed by atoms with E-state index in [1.807, 2.05) is 37.3 Å². The molecule has 15 heteroatoms. The predicted molar refractivity (Wildman–Crippen MR) is 162 cm³/mol. The van der Waals surface area contributed by atoms with Crippen LogP contribution in [0.5, 0.6) is 0 Å². The molecule has 1 N–H and O–H groups in total. The Hall–Kier alpha value is -4.70. The van der Waals surface area contributed by atoms with Crippen molar-refractivity contribution in [2.45, 2.75) is 50.6 Å². The van der Waals surface area contributed by atoms with Gasteiger partial charge in [-0.25, -0.2) is 22.8 Å². The number of aryl methyl sites for hydroxylation is 1. The maximum Gasteiger partial charge on any atom is 0.303 e. The normalized spacial score (nSPS) is 24.1. The first-order valence-corrected chi connectivity index (χ1v) is 15.4. The van der Waals surface area contributed by atoms with Crippen LogP contribution in [0.4, 0.5) is 18.9 Å². The minimum atomic E-state index is -1.62. The van der Waals surface area contributed by atoms with E-state index in [9.17, 15) is 22.8 Å². The molecule has 0 aliphatic carbocycles. The Morgan fingerprint density at radius 2 is 1.81 bits per heavy atom. The Labute approximate surface area is 269 Å². The minimum absolute atomic E-state index is 0.000656. The Bertz CT molecular complexity index is 1950. The van der Waals surface area contributed by atoms with E-state index >= 15 is 0 Å². The quantitative estimate of drug-likeness (QED) is 0.191. The number of rotatable bonds is 6. The first-order valence-electron chi connectivity index (χ1n) is 14.5. The molecule has 5 aromatic rings. The van der Waals surface area contributed by atoms with Crippen molar-refractivity contribution in [1.82, 2.24) is 20.0 Å². The molecule has 0 radical (unpaired) electrons. The molecule has 2 aromatic heterocycles. The number of anilines is 1. The fraction of sp³-hybridized carbons (Fsp3) is 0.281. The zero-order chi connectivity index (χ0) is 32.8. The number of hydrogen-bond acceptors (Lipinski definition) is 10. The van der Waals surface area contributed by atoms with Crippen LogP contribution in [0.25, 0.3) is 21.5 Å². The molecule has 6 unspecified atom stereocenters. The molecule has 1 amide bonds. The standard InChI is InChI=1S/C32H26F3N5O6S/c1-15-36-22-9-8-19(12-25(22)47-15)37-31(42)30-29(44-16(2)41)27(28-24(45-30)14-43-32(46-28)17-6-4-3-5-7-17)40-13-23(38-39-40)18-10-20(33)26(35)21(34)11-18/h3-13,24,27-30,32H,14H2,1-2H3,(H,37,42). The second-order valence-corrected chi connectivity index (χ2v) is 12.3. The van der Waals surface area contributed by atoms with Crippen LogP contribution < -0.4 is 5.32 Å². The van der Waals surface area contributed by atoms with Gasteiger partial charge in [0, 0.05) is 23.7 Å². The molecule has 7 rings (SSSR count). The Kier molecular flexibility index (Phi) is 8.21. The summed E-state index contributed by atoms with van der Waals surface area (Å²) in [5, 5.41) is 11.9. The highest BCUT2D eigenvalue weighted by Crippen LogP contribution is 2.41. The van der Waals surface area contributed by atoms with Crippen LogP contribution in [0, 0.1) is 24.4 Å². The lowest BCUT2D eigenvalue weighted by molar-refractivity contribution is -0.313. The highest BCUT2D eigenvalue weighted by Gasteiger charge is 2.55. The summed E-state index contributed by atoms with van der Waals surface area (Å²) >= 11 is 1.47. The summed E-state index contributed by atoms with van der Waals surface area (Å²) in [5.74, 6) is -5.75. The molecule has 3 aromatic carbocycles. The molecule has 6 atom stereocenters. The van der Waals surface area contributed by atoms with Gasteiger partial charge < -0.3 is 24.3 Å². The minimum Gasteiger partial charge on any atom is -0.457 e. The van der Waals surface area contributed by atoms with E-state index in [-0.39, 0.29) is 17.9 Å². The van der Waals surface area contributed by atoms with Gasteiger partial charge in [-0.1, -0.05) is 35.5 Å². The van der Waals surface area contributed by atoms with Crippen molar-refractivity contribution in [3.8, 4) is 11.3 Å². The number of esters is 1. The lowest BCUT2D eigenvalue weighted by Crippen LogP contribution is -2.62. The molecular weight excluding hydrogens is 639 g/mol. The van der Waals surface area contributed by atoms with E-state index in [0.717, 1.165) is 27.4 Å². The summed E-state index contributed by atoms with van der Waals surface area (Å²) in [6.45, 7) is 3.07. The third-order valence-electron chi connectivity index (χ3n) is 7.84. The molecule has 11 nitrogen and oxygen atoms in total.